The minimum Gasteiger partial charge on any atom is -0.504 e. The topological polar surface area (TPSA) is 104 Å². The quantitative estimate of drug-likeness (QED) is 0.626. The molecule has 7 nitrogen and oxygen atoms in total. The number of aromatic hydroxyl groups is 1. The van der Waals surface area contributed by atoms with Gasteiger partial charge in [0.2, 0.25) is 0 Å². The maximum atomic E-state index is 10.8. The summed E-state index contributed by atoms with van der Waals surface area (Å²) in [7, 11) is 0. The normalized spacial score (nSPS) is 10.9. The molecule has 3 heterocycles. The molecule has 0 aliphatic rings. The van der Waals surface area contributed by atoms with Crippen molar-refractivity contribution in [3.05, 3.63) is 36.4 Å². The Morgan fingerprint density at radius 1 is 1.39 bits per heavy atom. The number of carboxylic acid groups (broad SMARTS) is 1. The monoisotopic (exact) mass is 244 g/mol. The number of aromatic nitrogens is 4. The number of carboxylic acids is 1. The Kier molecular flexibility index (Phi) is 2.06. The highest BCUT2D eigenvalue weighted by atomic mass is 16.4. The highest BCUT2D eigenvalue weighted by Gasteiger charge is 2.20. The van der Waals surface area contributed by atoms with Gasteiger partial charge in [0.1, 0.15) is 0 Å². The fourth-order valence-electron chi connectivity index (χ4n) is 1.82. The number of carbonyl (C=O) groups is 1. The van der Waals surface area contributed by atoms with E-state index in [1.54, 1.807) is 35.1 Å². The van der Waals surface area contributed by atoms with E-state index >= 15 is 0 Å². The van der Waals surface area contributed by atoms with E-state index in [1.807, 2.05) is 0 Å². The van der Waals surface area contributed by atoms with Gasteiger partial charge >= 0.3 is 5.97 Å². The summed E-state index contributed by atoms with van der Waals surface area (Å²) in [5, 5.41) is 24.8. The number of rotatable bonds is 2. The minimum absolute atomic E-state index is 0.193. The number of hydrogen-bond acceptors (Lipinski definition) is 4. The molecule has 0 aliphatic carbocycles. The molecule has 18 heavy (non-hydrogen) atoms. The lowest BCUT2D eigenvalue weighted by Crippen LogP contribution is -1.96. The zero-order valence-electron chi connectivity index (χ0n) is 9.03. The summed E-state index contributed by atoms with van der Waals surface area (Å²) in [4.78, 5) is 14.8. The fraction of sp³-hybridized carbons (Fsp3) is 0. The molecular weight excluding hydrogens is 236 g/mol. The van der Waals surface area contributed by atoms with Crippen molar-refractivity contribution >= 4 is 11.5 Å². The first-order valence-electron chi connectivity index (χ1n) is 5.10. The Balaban J connectivity index is 2.24. The molecule has 3 aromatic rings. The van der Waals surface area contributed by atoms with E-state index in [0.29, 0.717) is 5.69 Å². The Bertz CT molecular complexity index is 744. The van der Waals surface area contributed by atoms with Crippen LogP contribution < -0.4 is 0 Å². The Morgan fingerprint density at radius 3 is 2.94 bits per heavy atom. The zero-order chi connectivity index (χ0) is 12.7. The molecule has 0 amide bonds. The number of nitrogens with zero attached hydrogens (tertiary/aromatic N) is 3. The number of aromatic carboxylic acids is 1. The van der Waals surface area contributed by atoms with Gasteiger partial charge in [0.25, 0.3) is 0 Å². The maximum absolute atomic E-state index is 10.8. The first-order chi connectivity index (χ1) is 8.68. The van der Waals surface area contributed by atoms with Crippen LogP contribution in [0.5, 0.6) is 5.75 Å². The maximum Gasteiger partial charge on any atom is 0.357 e. The van der Waals surface area contributed by atoms with Crippen LogP contribution in [0.4, 0.5) is 0 Å². The summed E-state index contributed by atoms with van der Waals surface area (Å²) in [6, 6.07) is 3.54. The van der Waals surface area contributed by atoms with Gasteiger partial charge in [0, 0.05) is 12.4 Å². The van der Waals surface area contributed by atoms with E-state index in [1.165, 1.54) is 0 Å². The lowest BCUT2D eigenvalue weighted by atomic mass is 10.2. The summed E-state index contributed by atoms with van der Waals surface area (Å²) in [5.74, 6) is -1.63. The zero-order valence-corrected chi connectivity index (χ0v) is 9.03. The standard InChI is InChI=1S/C11H8N4O3/c16-10-8(13-14-9(10)11(17)18)7-2-1-6-5-12-3-4-15(6)7/h1-5,16H,(H,13,14)(H,17,18). The van der Waals surface area contributed by atoms with Crippen LogP contribution in [0.2, 0.25) is 0 Å². The van der Waals surface area contributed by atoms with E-state index in [2.05, 4.69) is 15.2 Å². The van der Waals surface area contributed by atoms with Crippen LogP contribution in [0.3, 0.4) is 0 Å². The molecule has 0 aliphatic heterocycles. The molecule has 0 radical (unpaired) electrons. The number of fused-ring (bicyclic) bond motifs is 1. The minimum atomic E-state index is -1.26. The molecule has 0 saturated carbocycles. The molecule has 7 heteroatoms. The van der Waals surface area contributed by atoms with Gasteiger partial charge in [-0.15, -0.1) is 0 Å². The van der Waals surface area contributed by atoms with Gasteiger partial charge in [-0.1, -0.05) is 0 Å². The van der Waals surface area contributed by atoms with Gasteiger partial charge in [-0.05, 0) is 12.1 Å². The van der Waals surface area contributed by atoms with E-state index < -0.39 is 5.97 Å². The van der Waals surface area contributed by atoms with Crippen LogP contribution in [0.15, 0.2) is 30.7 Å². The summed E-state index contributed by atoms with van der Waals surface area (Å²) in [5.41, 5.74) is 1.29. The molecule has 0 unspecified atom stereocenters. The fourth-order valence-corrected chi connectivity index (χ4v) is 1.82. The largest absolute Gasteiger partial charge is 0.504 e. The average Bonchev–Trinajstić information content (AvgIpc) is 2.92. The van der Waals surface area contributed by atoms with E-state index in [0.717, 1.165) is 5.52 Å². The van der Waals surface area contributed by atoms with Crippen molar-refractivity contribution in [1.82, 2.24) is 19.6 Å². The molecule has 90 valence electrons. The third kappa shape index (κ3) is 1.34. The molecule has 3 aromatic heterocycles. The predicted octanol–water partition coefficient (Wildman–Crippen LogP) is 1.13. The van der Waals surface area contributed by atoms with Crippen molar-refractivity contribution in [2.75, 3.05) is 0 Å². The second kappa shape index (κ2) is 3.59. The summed E-state index contributed by atoms with van der Waals surface area (Å²) in [6.07, 6.45) is 4.96. The second-order valence-electron chi connectivity index (χ2n) is 3.69. The highest BCUT2D eigenvalue weighted by molar-refractivity contribution is 5.91. The van der Waals surface area contributed by atoms with Crippen molar-refractivity contribution < 1.29 is 15.0 Å². The number of nitrogens with one attached hydrogen (secondary N) is 1. The van der Waals surface area contributed by atoms with Gasteiger partial charge in [0.15, 0.2) is 17.1 Å². The molecule has 0 bridgehead atoms. The average molecular weight is 244 g/mol. The summed E-state index contributed by atoms with van der Waals surface area (Å²) < 4.78 is 1.76. The Labute approximate surface area is 100 Å². The lowest BCUT2D eigenvalue weighted by Gasteiger charge is -1.99. The van der Waals surface area contributed by atoms with E-state index in [4.69, 9.17) is 5.11 Å². The Morgan fingerprint density at radius 2 is 2.22 bits per heavy atom. The number of H-pyrrole nitrogens is 1. The molecule has 0 spiro atoms. The third-order valence-electron chi connectivity index (χ3n) is 2.66. The first-order valence-corrected chi connectivity index (χ1v) is 5.10. The molecule has 0 saturated heterocycles. The van der Waals surface area contributed by atoms with Crippen LogP contribution in [-0.4, -0.2) is 35.8 Å². The van der Waals surface area contributed by atoms with Crippen LogP contribution >= 0.6 is 0 Å². The SMILES string of the molecule is O=C(O)c1[nH]nc(-c2ccc3cnccn23)c1O. The second-order valence-corrected chi connectivity index (χ2v) is 3.69. The van der Waals surface area contributed by atoms with Crippen molar-refractivity contribution in [2.45, 2.75) is 0 Å². The van der Waals surface area contributed by atoms with Gasteiger partial charge in [0.05, 0.1) is 17.4 Å². The van der Waals surface area contributed by atoms with Gasteiger partial charge < -0.3 is 14.6 Å². The van der Waals surface area contributed by atoms with Crippen molar-refractivity contribution in [3.63, 3.8) is 0 Å². The molecule has 3 N–H and O–H groups in total. The molecular formula is C11H8N4O3. The van der Waals surface area contributed by atoms with Crippen LogP contribution in [-0.2, 0) is 0 Å². The third-order valence-corrected chi connectivity index (χ3v) is 2.66. The van der Waals surface area contributed by atoms with Crippen molar-refractivity contribution in [3.8, 4) is 17.1 Å². The molecule has 0 fully saturated rings. The Hall–Kier alpha value is -2.83. The van der Waals surface area contributed by atoms with Crippen LogP contribution in [0.1, 0.15) is 10.5 Å². The van der Waals surface area contributed by atoms with Crippen LogP contribution in [0, 0.1) is 0 Å². The predicted molar refractivity (Wildman–Crippen MR) is 61.4 cm³/mol. The number of hydrogen-bond donors (Lipinski definition) is 3. The van der Waals surface area contributed by atoms with Crippen LogP contribution in [0.25, 0.3) is 16.9 Å². The highest BCUT2D eigenvalue weighted by Crippen LogP contribution is 2.30. The number of aromatic amines is 1. The van der Waals surface area contributed by atoms with E-state index in [-0.39, 0.29) is 17.1 Å². The van der Waals surface area contributed by atoms with Crippen molar-refractivity contribution in [2.24, 2.45) is 0 Å². The molecule has 3 rings (SSSR count). The summed E-state index contributed by atoms with van der Waals surface area (Å²) in [6.45, 7) is 0. The van der Waals surface area contributed by atoms with Crippen molar-refractivity contribution in [1.29, 1.82) is 0 Å². The lowest BCUT2D eigenvalue weighted by molar-refractivity contribution is 0.0687. The van der Waals surface area contributed by atoms with Gasteiger partial charge in [-0.2, -0.15) is 5.10 Å². The van der Waals surface area contributed by atoms with Gasteiger partial charge in [-0.3, -0.25) is 10.1 Å². The molecule has 0 aromatic carbocycles. The van der Waals surface area contributed by atoms with Gasteiger partial charge in [-0.25, -0.2) is 4.79 Å². The summed E-state index contributed by atoms with van der Waals surface area (Å²) >= 11 is 0. The smallest absolute Gasteiger partial charge is 0.357 e. The first kappa shape index (κ1) is 10.3. The molecule has 0 atom stereocenters. The van der Waals surface area contributed by atoms with E-state index in [9.17, 15) is 9.90 Å².